The first-order valence-corrected chi connectivity index (χ1v) is 10.9. The van der Waals surface area contributed by atoms with E-state index in [0.717, 1.165) is 0 Å². The van der Waals surface area contributed by atoms with Gasteiger partial charge in [-0.3, -0.25) is 4.79 Å². The van der Waals surface area contributed by atoms with Crippen LogP contribution in [0.5, 0.6) is 11.6 Å². The van der Waals surface area contributed by atoms with Crippen LogP contribution >= 0.6 is 34.8 Å². The van der Waals surface area contributed by atoms with Gasteiger partial charge in [-0.25, -0.2) is 14.4 Å². The lowest BCUT2D eigenvalue weighted by Crippen LogP contribution is -2.54. The van der Waals surface area contributed by atoms with Crippen LogP contribution in [0.3, 0.4) is 0 Å². The molecule has 0 saturated carbocycles. The summed E-state index contributed by atoms with van der Waals surface area (Å²) in [5, 5.41) is 0.721. The van der Waals surface area contributed by atoms with Crippen molar-refractivity contribution in [3.05, 3.63) is 75.2 Å². The zero-order valence-corrected chi connectivity index (χ0v) is 19.2. The van der Waals surface area contributed by atoms with Crippen molar-refractivity contribution in [3.63, 3.8) is 0 Å². The molecule has 0 spiro atoms. The number of anilines is 1. The van der Waals surface area contributed by atoms with Crippen LogP contribution in [0.2, 0.25) is 15.1 Å². The Balaban J connectivity index is 1.45. The highest BCUT2D eigenvalue weighted by atomic mass is 35.5. The van der Waals surface area contributed by atoms with Crippen LogP contribution in [0.25, 0.3) is 0 Å². The molecule has 10 heteroatoms. The summed E-state index contributed by atoms with van der Waals surface area (Å²) in [6.07, 6.45) is 1.40. The fourth-order valence-corrected chi connectivity index (χ4v) is 3.95. The van der Waals surface area contributed by atoms with E-state index in [2.05, 4.69) is 14.9 Å². The van der Waals surface area contributed by atoms with Gasteiger partial charge in [0.25, 0.3) is 5.91 Å². The summed E-state index contributed by atoms with van der Waals surface area (Å²) in [6, 6.07) is 10.6. The van der Waals surface area contributed by atoms with Crippen LogP contribution in [0, 0.1) is 5.82 Å². The molecule has 0 radical (unpaired) electrons. The van der Waals surface area contributed by atoms with Crippen molar-refractivity contribution in [2.75, 3.05) is 24.5 Å². The SMILES string of the molecule is CC1CN(c2cc(Oc3ccc(F)c(Cl)c3)ncn2)CCN1C(=O)c1ccc(Cl)c(Cl)c1. The van der Waals surface area contributed by atoms with Crippen molar-refractivity contribution in [1.82, 2.24) is 14.9 Å². The maximum absolute atomic E-state index is 13.4. The average molecular weight is 496 g/mol. The molecular weight excluding hydrogens is 478 g/mol. The predicted molar refractivity (Wildman–Crippen MR) is 123 cm³/mol. The molecule has 0 N–H and O–H groups in total. The molecule has 1 atom stereocenters. The number of ether oxygens (including phenoxy) is 1. The van der Waals surface area contributed by atoms with E-state index in [0.29, 0.717) is 52.7 Å². The highest BCUT2D eigenvalue weighted by molar-refractivity contribution is 6.42. The Labute approximate surface area is 199 Å². The Morgan fingerprint density at radius 3 is 2.56 bits per heavy atom. The molecule has 1 aliphatic heterocycles. The summed E-state index contributed by atoms with van der Waals surface area (Å²) in [4.78, 5) is 25.2. The van der Waals surface area contributed by atoms with Gasteiger partial charge in [-0.1, -0.05) is 34.8 Å². The van der Waals surface area contributed by atoms with Crippen LogP contribution in [0.1, 0.15) is 17.3 Å². The van der Waals surface area contributed by atoms with Gasteiger partial charge in [0.2, 0.25) is 5.88 Å². The lowest BCUT2D eigenvalue weighted by Gasteiger charge is -2.40. The van der Waals surface area contributed by atoms with E-state index in [1.54, 1.807) is 29.2 Å². The Morgan fingerprint density at radius 2 is 1.84 bits per heavy atom. The fourth-order valence-electron chi connectivity index (χ4n) is 3.48. The van der Waals surface area contributed by atoms with Gasteiger partial charge in [0, 0.05) is 43.4 Å². The number of benzene rings is 2. The topological polar surface area (TPSA) is 58.6 Å². The largest absolute Gasteiger partial charge is 0.439 e. The van der Waals surface area contributed by atoms with Crippen molar-refractivity contribution in [2.45, 2.75) is 13.0 Å². The molecule has 1 amide bonds. The minimum absolute atomic E-state index is 0.0339. The van der Waals surface area contributed by atoms with E-state index >= 15 is 0 Å². The zero-order valence-electron chi connectivity index (χ0n) is 16.9. The van der Waals surface area contributed by atoms with Crippen molar-refractivity contribution in [1.29, 1.82) is 0 Å². The van der Waals surface area contributed by atoms with E-state index in [-0.39, 0.29) is 17.0 Å². The molecule has 2 heterocycles. The molecule has 3 aromatic rings. The first-order valence-electron chi connectivity index (χ1n) is 9.78. The minimum atomic E-state index is -0.523. The number of hydrogen-bond donors (Lipinski definition) is 0. The monoisotopic (exact) mass is 494 g/mol. The average Bonchev–Trinajstić information content (AvgIpc) is 2.78. The van der Waals surface area contributed by atoms with Gasteiger partial charge in [-0.15, -0.1) is 0 Å². The highest BCUT2D eigenvalue weighted by Gasteiger charge is 2.29. The van der Waals surface area contributed by atoms with Crippen molar-refractivity contribution in [2.24, 2.45) is 0 Å². The minimum Gasteiger partial charge on any atom is -0.439 e. The molecule has 1 unspecified atom stereocenters. The first kappa shape index (κ1) is 22.6. The van der Waals surface area contributed by atoms with Gasteiger partial charge < -0.3 is 14.5 Å². The number of rotatable bonds is 4. The molecule has 1 fully saturated rings. The second-order valence-electron chi connectivity index (χ2n) is 7.31. The number of hydrogen-bond acceptors (Lipinski definition) is 5. The summed E-state index contributed by atoms with van der Waals surface area (Å²) in [6.45, 7) is 3.64. The normalized spacial score (nSPS) is 16.2. The van der Waals surface area contributed by atoms with E-state index in [9.17, 15) is 9.18 Å². The summed E-state index contributed by atoms with van der Waals surface area (Å²) in [5.74, 6) is 0.711. The smallest absolute Gasteiger partial charge is 0.254 e. The van der Waals surface area contributed by atoms with Crippen LogP contribution in [0.15, 0.2) is 48.8 Å². The van der Waals surface area contributed by atoms with E-state index in [1.807, 2.05) is 6.92 Å². The molecule has 0 aliphatic carbocycles. The maximum atomic E-state index is 13.4. The molecule has 1 saturated heterocycles. The van der Waals surface area contributed by atoms with Gasteiger partial charge in [-0.05, 0) is 37.3 Å². The number of piperazine rings is 1. The summed E-state index contributed by atoms with van der Waals surface area (Å²) >= 11 is 17.8. The van der Waals surface area contributed by atoms with Crippen LogP contribution < -0.4 is 9.64 Å². The Morgan fingerprint density at radius 1 is 1.03 bits per heavy atom. The third-order valence-corrected chi connectivity index (χ3v) is 6.15. The lowest BCUT2D eigenvalue weighted by atomic mass is 10.1. The van der Waals surface area contributed by atoms with Crippen LogP contribution in [0.4, 0.5) is 10.2 Å². The molecule has 6 nitrogen and oxygen atoms in total. The predicted octanol–water partition coefficient (Wildman–Crippen LogP) is 5.72. The van der Waals surface area contributed by atoms with E-state index in [1.165, 1.54) is 24.5 Å². The second kappa shape index (κ2) is 9.48. The number of amides is 1. The molecule has 32 heavy (non-hydrogen) atoms. The summed E-state index contributed by atoms with van der Waals surface area (Å²) in [7, 11) is 0. The van der Waals surface area contributed by atoms with E-state index in [4.69, 9.17) is 39.5 Å². The Bertz CT molecular complexity index is 1160. The van der Waals surface area contributed by atoms with Gasteiger partial charge in [0.15, 0.2) is 0 Å². The third kappa shape index (κ3) is 4.90. The fraction of sp³-hybridized carbons (Fsp3) is 0.227. The Hall–Kier alpha value is -2.61. The van der Waals surface area contributed by atoms with Crippen molar-refractivity contribution < 1.29 is 13.9 Å². The van der Waals surface area contributed by atoms with Gasteiger partial charge >= 0.3 is 0 Å². The highest BCUT2D eigenvalue weighted by Crippen LogP contribution is 2.28. The van der Waals surface area contributed by atoms with E-state index < -0.39 is 5.82 Å². The molecule has 1 aromatic heterocycles. The zero-order chi connectivity index (χ0) is 22.8. The molecule has 2 aromatic carbocycles. The second-order valence-corrected chi connectivity index (χ2v) is 8.54. The van der Waals surface area contributed by atoms with Gasteiger partial charge in [0.05, 0.1) is 15.1 Å². The third-order valence-electron chi connectivity index (χ3n) is 5.12. The Kier molecular flexibility index (Phi) is 6.69. The number of aromatic nitrogens is 2. The van der Waals surface area contributed by atoms with Gasteiger partial charge in [-0.2, -0.15) is 0 Å². The number of nitrogens with zero attached hydrogens (tertiary/aromatic N) is 4. The number of carbonyl (C=O) groups excluding carboxylic acids is 1. The summed E-state index contributed by atoms with van der Waals surface area (Å²) < 4.78 is 19.0. The number of carbonyl (C=O) groups is 1. The van der Waals surface area contributed by atoms with Crippen LogP contribution in [-0.4, -0.2) is 46.5 Å². The van der Waals surface area contributed by atoms with Crippen molar-refractivity contribution in [3.8, 4) is 11.6 Å². The van der Waals surface area contributed by atoms with Crippen LogP contribution in [-0.2, 0) is 0 Å². The van der Waals surface area contributed by atoms with Crippen molar-refractivity contribution >= 4 is 46.5 Å². The first-order chi connectivity index (χ1) is 15.3. The van der Waals surface area contributed by atoms with Gasteiger partial charge in [0.1, 0.15) is 23.7 Å². The molecule has 166 valence electrons. The molecule has 0 bridgehead atoms. The maximum Gasteiger partial charge on any atom is 0.254 e. The molecule has 4 rings (SSSR count). The molecular formula is C22H18Cl3FN4O2. The number of halogens is 4. The lowest BCUT2D eigenvalue weighted by molar-refractivity contribution is 0.0673. The standard InChI is InChI=1S/C22H18Cl3FN4O2/c1-13-11-29(6-7-30(13)22(31)14-2-4-16(23)17(24)8-14)20-10-21(28-12-27-20)32-15-3-5-19(26)18(25)9-15/h2-5,8-10,12-13H,6-7,11H2,1H3. The molecule has 1 aliphatic rings. The quantitative estimate of drug-likeness (QED) is 0.463. The summed E-state index contributed by atoms with van der Waals surface area (Å²) in [5.41, 5.74) is 0.496.